The van der Waals surface area contributed by atoms with E-state index < -0.39 is 12.9 Å². The van der Waals surface area contributed by atoms with Crippen LogP contribution in [-0.2, 0) is 0 Å². The van der Waals surface area contributed by atoms with Crippen molar-refractivity contribution in [2.45, 2.75) is 0 Å². The van der Waals surface area contributed by atoms with E-state index >= 15 is 0 Å². The Morgan fingerprint density at radius 2 is 1.95 bits per heavy atom. The first-order chi connectivity index (χ1) is 9.56. The fourth-order valence-corrected chi connectivity index (χ4v) is 2.17. The standard InChI is InChI=1S/C13H20BFN2O3/c1-16-4-6-17(7-5-16)8-9-20-11-2-3-12(14(18)19)13(15)10-11/h2-3,10,18-19H,4-9H2,1H3. The largest absolute Gasteiger partial charge is 0.492 e. The zero-order chi connectivity index (χ0) is 14.5. The second kappa shape index (κ2) is 7.03. The Morgan fingerprint density at radius 1 is 1.25 bits per heavy atom. The first kappa shape index (κ1) is 15.2. The molecule has 1 heterocycles. The molecule has 0 unspecified atom stereocenters. The molecule has 0 saturated carbocycles. The van der Waals surface area contributed by atoms with Crippen LogP contribution in [0.25, 0.3) is 0 Å². The molecule has 0 atom stereocenters. The summed E-state index contributed by atoms with van der Waals surface area (Å²) >= 11 is 0. The van der Waals surface area contributed by atoms with Crippen LogP contribution in [0.4, 0.5) is 4.39 Å². The minimum Gasteiger partial charge on any atom is -0.492 e. The van der Waals surface area contributed by atoms with Crippen LogP contribution in [0.15, 0.2) is 18.2 Å². The Morgan fingerprint density at radius 3 is 2.55 bits per heavy atom. The molecule has 1 aromatic rings. The van der Waals surface area contributed by atoms with Crippen LogP contribution in [0, 0.1) is 5.82 Å². The van der Waals surface area contributed by atoms with Gasteiger partial charge in [0.15, 0.2) is 0 Å². The van der Waals surface area contributed by atoms with Gasteiger partial charge in [0, 0.05) is 44.3 Å². The molecule has 1 aliphatic rings. The second-order valence-corrected chi connectivity index (χ2v) is 5.05. The highest BCUT2D eigenvalue weighted by atomic mass is 19.1. The number of hydrogen-bond donors (Lipinski definition) is 2. The molecule has 1 aromatic carbocycles. The van der Waals surface area contributed by atoms with Crippen LogP contribution in [0.2, 0.25) is 0 Å². The first-order valence-corrected chi connectivity index (χ1v) is 6.75. The third-order valence-electron chi connectivity index (χ3n) is 3.52. The van der Waals surface area contributed by atoms with Crippen molar-refractivity contribution in [1.82, 2.24) is 9.80 Å². The average Bonchev–Trinajstić information content (AvgIpc) is 2.41. The number of rotatable bonds is 5. The van der Waals surface area contributed by atoms with Gasteiger partial charge in [0.25, 0.3) is 0 Å². The molecule has 20 heavy (non-hydrogen) atoms. The molecular formula is C13H20BFN2O3. The number of nitrogens with zero attached hydrogens (tertiary/aromatic N) is 2. The van der Waals surface area contributed by atoms with E-state index in [0.717, 1.165) is 32.7 Å². The van der Waals surface area contributed by atoms with Gasteiger partial charge in [-0.05, 0) is 13.1 Å². The van der Waals surface area contributed by atoms with Crippen molar-refractivity contribution in [1.29, 1.82) is 0 Å². The van der Waals surface area contributed by atoms with Crippen molar-refractivity contribution >= 4 is 12.6 Å². The van der Waals surface area contributed by atoms with Gasteiger partial charge in [-0.15, -0.1) is 0 Å². The van der Waals surface area contributed by atoms with Crippen LogP contribution in [0.5, 0.6) is 5.75 Å². The normalized spacial score (nSPS) is 17.2. The van der Waals surface area contributed by atoms with Crippen molar-refractivity contribution in [3.63, 3.8) is 0 Å². The quantitative estimate of drug-likeness (QED) is 0.688. The van der Waals surface area contributed by atoms with Crippen molar-refractivity contribution in [2.24, 2.45) is 0 Å². The van der Waals surface area contributed by atoms with E-state index in [0.29, 0.717) is 12.4 Å². The van der Waals surface area contributed by atoms with Crippen LogP contribution >= 0.6 is 0 Å². The number of likely N-dealkylation sites (N-methyl/N-ethyl adjacent to an activating group) is 1. The Labute approximate surface area is 118 Å². The van der Waals surface area contributed by atoms with Crippen molar-refractivity contribution in [2.75, 3.05) is 46.4 Å². The molecule has 1 saturated heterocycles. The van der Waals surface area contributed by atoms with E-state index in [9.17, 15) is 4.39 Å². The lowest BCUT2D eigenvalue weighted by atomic mass is 9.80. The molecule has 2 N–H and O–H groups in total. The van der Waals surface area contributed by atoms with Gasteiger partial charge in [-0.25, -0.2) is 4.39 Å². The number of hydrogen-bond acceptors (Lipinski definition) is 5. The lowest BCUT2D eigenvalue weighted by Gasteiger charge is -2.32. The van der Waals surface area contributed by atoms with Gasteiger partial charge >= 0.3 is 7.12 Å². The third-order valence-corrected chi connectivity index (χ3v) is 3.52. The maximum atomic E-state index is 13.5. The van der Waals surface area contributed by atoms with Gasteiger partial charge in [-0.2, -0.15) is 0 Å². The fourth-order valence-electron chi connectivity index (χ4n) is 2.17. The molecule has 1 aliphatic heterocycles. The number of halogens is 1. The summed E-state index contributed by atoms with van der Waals surface area (Å²) in [4.78, 5) is 4.59. The Bertz CT molecular complexity index is 440. The molecule has 1 fully saturated rings. The maximum Gasteiger partial charge on any atom is 0.491 e. The fraction of sp³-hybridized carbons (Fsp3) is 0.538. The summed E-state index contributed by atoms with van der Waals surface area (Å²) in [7, 11) is 0.308. The van der Waals surface area contributed by atoms with E-state index in [-0.39, 0.29) is 5.46 Å². The van der Waals surface area contributed by atoms with Crippen molar-refractivity contribution in [3.05, 3.63) is 24.0 Å². The van der Waals surface area contributed by atoms with Crippen LogP contribution in [0.3, 0.4) is 0 Å². The van der Waals surface area contributed by atoms with Crippen molar-refractivity contribution < 1.29 is 19.2 Å². The lowest BCUT2D eigenvalue weighted by Crippen LogP contribution is -2.45. The molecule has 0 aliphatic carbocycles. The van der Waals surface area contributed by atoms with Gasteiger partial charge in [0.2, 0.25) is 0 Å². The van der Waals surface area contributed by atoms with Crippen LogP contribution in [0.1, 0.15) is 0 Å². The van der Waals surface area contributed by atoms with Gasteiger partial charge < -0.3 is 19.7 Å². The number of piperazine rings is 1. The summed E-state index contributed by atoms with van der Waals surface area (Å²) in [5.41, 5.74) is -0.142. The highest BCUT2D eigenvalue weighted by molar-refractivity contribution is 6.58. The molecular weight excluding hydrogens is 262 g/mol. The van der Waals surface area contributed by atoms with Gasteiger partial charge in [0.1, 0.15) is 18.2 Å². The Balaban J connectivity index is 1.78. The van der Waals surface area contributed by atoms with Gasteiger partial charge in [-0.1, -0.05) is 6.07 Å². The molecule has 2 rings (SSSR count). The van der Waals surface area contributed by atoms with Crippen molar-refractivity contribution in [3.8, 4) is 5.75 Å². The molecule has 5 nitrogen and oxygen atoms in total. The highest BCUT2D eigenvalue weighted by Crippen LogP contribution is 2.11. The predicted molar refractivity (Wildman–Crippen MR) is 75.7 cm³/mol. The summed E-state index contributed by atoms with van der Waals surface area (Å²) in [6.45, 7) is 5.44. The molecule has 0 amide bonds. The van der Waals surface area contributed by atoms with Gasteiger partial charge in [0.05, 0.1) is 0 Å². The van der Waals surface area contributed by atoms with E-state index in [1.807, 2.05) is 0 Å². The van der Waals surface area contributed by atoms with E-state index in [2.05, 4.69) is 16.8 Å². The number of benzene rings is 1. The summed E-state index contributed by atoms with van der Waals surface area (Å²) < 4.78 is 19.0. The molecule has 0 spiro atoms. The Hall–Kier alpha value is -1.15. The molecule has 0 aromatic heterocycles. The second-order valence-electron chi connectivity index (χ2n) is 5.05. The Kier molecular flexibility index (Phi) is 5.36. The first-order valence-electron chi connectivity index (χ1n) is 6.75. The average molecular weight is 282 g/mol. The minimum atomic E-state index is -1.80. The smallest absolute Gasteiger partial charge is 0.491 e. The predicted octanol–water partition coefficient (Wildman–Crippen LogP) is -0.868. The van der Waals surface area contributed by atoms with E-state index in [4.69, 9.17) is 14.8 Å². The summed E-state index contributed by atoms with van der Waals surface area (Å²) in [5, 5.41) is 17.9. The van der Waals surface area contributed by atoms with Gasteiger partial charge in [-0.3, -0.25) is 4.90 Å². The molecule has 110 valence electrons. The number of ether oxygens (including phenoxy) is 1. The SMILES string of the molecule is CN1CCN(CCOc2ccc(B(O)O)c(F)c2)CC1. The third kappa shape index (κ3) is 4.18. The monoisotopic (exact) mass is 282 g/mol. The summed E-state index contributed by atoms with van der Waals surface area (Å²) in [6.07, 6.45) is 0. The summed E-state index contributed by atoms with van der Waals surface area (Å²) in [5.74, 6) is -0.266. The van der Waals surface area contributed by atoms with Crippen LogP contribution < -0.4 is 10.2 Å². The molecule has 0 radical (unpaired) electrons. The van der Waals surface area contributed by atoms with E-state index in [1.165, 1.54) is 12.1 Å². The topological polar surface area (TPSA) is 56.2 Å². The molecule has 0 bridgehead atoms. The lowest BCUT2D eigenvalue weighted by molar-refractivity contribution is 0.133. The zero-order valence-corrected chi connectivity index (χ0v) is 11.6. The zero-order valence-electron chi connectivity index (χ0n) is 11.6. The van der Waals surface area contributed by atoms with E-state index in [1.54, 1.807) is 6.07 Å². The minimum absolute atomic E-state index is 0.142. The molecule has 7 heteroatoms. The maximum absolute atomic E-state index is 13.5. The highest BCUT2D eigenvalue weighted by Gasteiger charge is 2.17. The van der Waals surface area contributed by atoms with Crippen LogP contribution in [-0.4, -0.2) is 73.3 Å². The summed E-state index contributed by atoms with van der Waals surface area (Å²) in [6, 6.07) is 4.05.